The van der Waals surface area contributed by atoms with Crippen molar-refractivity contribution in [1.82, 2.24) is 9.80 Å². The second kappa shape index (κ2) is 11.9. The molecule has 0 fully saturated rings. The number of ether oxygens (including phenoxy) is 4. The molecule has 200 valence electrons. The predicted octanol–water partition coefficient (Wildman–Crippen LogP) is 4.47. The van der Waals surface area contributed by atoms with Crippen LogP contribution in [0.5, 0.6) is 17.2 Å². The van der Waals surface area contributed by atoms with Crippen molar-refractivity contribution in [2.75, 3.05) is 46.8 Å². The third-order valence-electron chi connectivity index (χ3n) is 6.85. The number of hydrogen-bond donors (Lipinski definition) is 0. The monoisotopic (exact) mass is 536 g/mol. The molecule has 0 saturated heterocycles. The Morgan fingerprint density at radius 3 is 2.74 bits per heavy atom. The molecule has 2 amide bonds. The maximum atomic E-state index is 13.8. The van der Waals surface area contributed by atoms with Crippen molar-refractivity contribution in [3.63, 3.8) is 0 Å². The number of fused-ring (bicyclic) bond motifs is 2. The first kappa shape index (κ1) is 26.1. The van der Waals surface area contributed by atoms with Gasteiger partial charge in [0, 0.05) is 37.2 Å². The number of rotatable bonds is 10. The Balaban J connectivity index is 1.33. The highest BCUT2D eigenvalue weighted by Crippen LogP contribution is 2.35. The van der Waals surface area contributed by atoms with Crippen LogP contribution in [0.25, 0.3) is 0 Å². The summed E-state index contributed by atoms with van der Waals surface area (Å²) in [6, 6.07) is 14.9. The first-order valence-electron chi connectivity index (χ1n) is 12.8. The summed E-state index contributed by atoms with van der Waals surface area (Å²) in [6.45, 7) is 3.96. The van der Waals surface area contributed by atoms with E-state index >= 15 is 0 Å². The van der Waals surface area contributed by atoms with E-state index in [0.717, 1.165) is 23.3 Å². The quantitative estimate of drug-likeness (QED) is 0.356. The number of hydrogen-bond acceptors (Lipinski definition) is 7. The fourth-order valence-corrected chi connectivity index (χ4v) is 5.73. The van der Waals surface area contributed by atoms with Gasteiger partial charge in [-0.15, -0.1) is 11.3 Å². The van der Waals surface area contributed by atoms with Crippen LogP contribution in [0.3, 0.4) is 0 Å². The number of amides is 2. The average Bonchev–Trinajstić information content (AvgIpc) is 3.61. The van der Waals surface area contributed by atoms with Crippen molar-refractivity contribution >= 4 is 23.2 Å². The van der Waals surface area contributed by atoms with Crippen LogP contribution in [0.15, 0.2) is 53.9 Å². The lowest BCUT2D eigenvalue weighted by molar-refractivity contribution is -0.135. The van der Waals surface area contributed by atoms with E-state index in [9.17, 15) is 9.59 Å². The molecule has 5 rings (SSSR count). The van der Waals surface area contributed by atoms with Crippen molar-refractivity contribution in [3.8, 4) is 17.2 Å². The summed E-state index contributed by atoms with van der Waals surface area (Å²) in [6.07, 6.45) is 1.41. The minimum Gasteiger partial charge on any atom is -0.491 e. The van der Waals surface area contributed by atoms with E-state index in [1.54, 1.807) is 41.5 Å². The Kier molecular flexibility index (Phi) is 8.14. The molecule has 0 saturated carbocycles. The molecule has 2 aromatic carbocycles. The zero-order valence-electron chi connectivity index (χ0n) is 21.7. The fourth-order valence-electron chi connectivity index (χ4n) is 4.80. The number of carbonyl (C=O) groups is 2. The third-order valence-corrected chi connectivity index (χ3v) is 7.85. The maximum absolute atomic E-state index is 13.8. The molecule has 0 N–H and O–H groups in total. The van der Waals surface area contributed by atoms with Gasteiger partial charge in [0.05, 0.1) is 6.04 Å². The van der Waals surface area contributed by atoms with Gasteiger partial charge in [-0.05, 0) is 67.1 Å². The average molecular weight is 537 g/mol. The molecule has 9 heteroatoms. The van der Waals surface area contributed by atoms with Gasteiger partial charge in [-0.25, -0.2) is 0 Å². The van der Waals surface area contributed by atoms with Crippen LogP contribution in [0.4, 0.5) is 0 Å². The molecular formula is C29H32N2O6S. The summed E-state index contributed by atoms with van der Waals surface area (Å²) < 4.78 is 22.2. The number of carbonyl (C=O) groups excluding carboxylic acids is 2. The van der Waals surface area contributed by atoms with Crippen LogP contribution in [-0.2, 0) is 16.0 Å². The summed E-state index contributed by atoms with van der Waals surface area (Å²) in [5.41, 5.74) is 2.74. The third kappa shape index (κ3) is 5.79. The van der Waals surface area contributed by atoms with Gasteiger partial charge < -0.3 is 28.7 Å². The van der Waals surface area contributed by atoms with Crippen molar-refractivity contribution in [1.29, 1.82) is 0 Å². The molecule has 3 aromatic rings. The molecule has 1 atom stereocenters. The molecule has 8 nitrogen and oxygen atoms in total. The van der Waals surface area contributed by atoms with E-state index < -0.39 is 0 Å². The first-order valence-corrected chi connectivity index (χ1v) is 13.6. The van der Waals surface area contributed by atoms with Crippen LogP contribution in [0.2, 0.25) is 0 Å². The number of methoxy groups -OCH3 is 1. The van der Waals surface area contributed by atoms with Crippen molar-refractivity contribution in [3.05, 3.63) is 75.5 Å². The minimum atomic E-state index is -0.228. The van der Waals surface area contributed by atoms with E-state index in [0.29, 0.717) is 49.8 Å². The Bertz CT molecular complexity index is 1270. The Morgan fingerprint density at radius 1 is 1.11 bits per heavy atom. The zero-order valence-corrected chi connectivity index (χ0v) is 22.5. The predicted molar refractivity (Wildman–Crippen MR) is 144 cm³/mol. The highest BCUT2D eigenvalue weighted by molar-refractivity contribution is 7.10. The van der Waals surface area contributed by atoms with Crippen molar-refractivity contribution < 1.29 is 28.5 Å². The molecule has 0 radical (unpaired) electrons. The van der Waals surface area contributed by atoms with Crippen molar-refractivity contribution in [2.45, 2.75) is 25.8 Å². The van der Waals surface area contributed by atoms with Gasteiger partial charge in [-0.2, -0.15) is 0 Å². The molecule has 0 spiro atoms. The Labute approximate surface area is 226 Å². The smallest absolute Gasteiger partial charge is 0.254 e. The summed E-state index contributed by atoms with van der Waals surface area (Å²) >= 11 is 1.71. The lowest BCUT2D eigenvalue weighted by Gasteiger charge is -2.37. The Morgan fingerprint density at radius 2 is 1.92 bits per heavy atom. The molecular weight excluding hydrogens is 504 g/mol. The number of benzene rings is 2. The number of thiophene rings is 1. The summed E-state index contributed by atoms with van der Waals surface area (Å²) in [5, 5.41) is 2.07. The van der Waals surface area contributed by atoms with E-state index in [1.165, 1.54) is 4.88 Å². The topological polar surface area (TPSA) is 77.5 Å². The van der Waals surface area contributed by atoms with Gasteiger partial charge in [-0.3, -0.25) is 9.59 Å². The maximum Gasteiger partial charge on any atom is 0.254 e. The molecule has 3 heterocycles. The Hall–Kier alpha value is -3.56. The zero-order chi connectivity index (χ0) is 26.5. The summed E-state index contributed by atoms with van der Waals surface area (Å²) in [4.78, 5) is 32.0. The number of aryl methyl sites for hydroxylation is 1. The SMILES string of the molecule is COCCCN(CC(=O)N1CCc2sccc2C1COc1ccc(C)cc1)C(=O)c1ccc2c(c1)OCO2. The van der Waals surface area contributed by atoms with Gasteiger partial charge in [-0.1, -0.05) is 17.7 Å². The van der Waals surface area contributed by atoms with Crippen molar-refractivity contribution in [2.24, 2.45) is 0 Å². The lowest BCUT2D eigenvalue weighted by Crippen LogP contribution is -2.48. The van der Waals surface area contributed by atoms with Gasteiger partial charge in [0.2, 0.25) is 12.7 Å². The molecule has 38 heavy (non-hydrogen) atoms. The molecule has 2 aliphatic heterocycles. The fraction of sp³-hybridized carbons (Fsp3) is 0.379. The van der Waals surface area contributed by atoms with E-state index in [1.807, 2.05) is 36.1 Å². The second-order valence-corrected chi connectivity index (χ2v) is 10.4. The molecule has 0 aliphatic carbocycles. The van der Waals surface area contributed by atoms with E-state index in [-0.39, 0.29) is 31.2 Å². The van der Waals surface area contributed by atoms with Gasteiger partial charge >= 0.3 is 0 Å². The van der Waals surface area contributed by atoms with Crippen LogP contribution in [0, 0.1) is 6.92 Å². The summed E-state index contributed by atoms with van der Waals surface area (Å²) in [5.74, 6) is 1.58. The van der Waals surface area contributed by atoms with E-state index in [2.05, 4.69) is 11.4 Å². The lowest BCUT2D eigenvalue weighted by atomic mass is 10.00. The summed E-state index contributed by atoms with van der Waals surface area (Å²) in [7, 11) is 1.62. The standard InChI is InChI=1S/C29H32N2O6S/c1-20-4-7-22(8-5-20)35-18-24-23-11-15-38-27(23)10-13-31(24)28(32)17-30(12-3-14-34-2)29(33)21-6-9-25-26(16-21)37-19-36-25/h4-9,11,15-16,24H,3,10,12-14,17-19H2,1-2H3. The van der Waals surface area contributed by atoms with Gasteiger partial charge in [0.1, 0.15) is 18.9 Å². The van der Waals surface area contributed by atoms with Crippen LogP contribution >= 0.6 is 11.3 Å². The second-order valence-electron chi connectivity index (χ2n) is 9.42. The van der Waals surface area contributed by atoms with E-state index in [4.69, 9.17) is 18.9 Å². The first-order chi connectivity index (χ1) is 18.5. The van der Waals surface area contributed by atoms with Gasteiger partial charge in [0.25, 0.3) is 5.91 Å². The largest absolute Gasteiger partial charge is 0.491 e. The van der Waals surface area contributed by atoms with Crippen LogP contribution in [-0.4, -0.2) is 68.4 Å². The molecule has 2 aliphatic rings. The molecule has 0 bridgehead atoms. The number of nitrogens with zero attached hydrogens (tertiary/aromatic N) is 2. The minimum absolute atomic E-state index is 0.0303. The normalized spacial score (nSPS) is 15.7. The highest BCUT2D eigenvalue weighted by Gasteiger charge is 2.34. The molecule has 1 aromatic heterocycles. The van der Waals surface area contributed by atoms with Crippen LogP contribution < -0.4 is 14.2 Å². The molecule has 1 unspecified atom stereocenters. The van der Waals surface area contributed by atoms with Crippen LogP contribution in [0.1, 0.15) is 38.8 Å². The highest BCUT2D eigenvalue weighted by atomic mass is 32.1. The van der Waals surface area contributed by atoms with Gasteiger partial charge in [0.15, 0.2) is 11.5 Å².